The van der Waals surface area contributed by atoms with Gasteiger partial charge in [-0.05, 0) is 31.3 Å². The lowest BCUT2D eigenvalue weighted by Crippen LogP contribution is -2.48. The van der Waals surface area contributed by atoms with E-state index >= 15 is 0 Å². The summed E-state index contributed by atoms with van der Waals surface area (Å²) in [6.07, 6.45) is 0.583. The van der Waals surface area contributed by atoms with Crippen LogP contribution in [-0.4, -0.2) is 97.0 Å². The van der Waals surface area contributed by atoms with Crippen LogP contribution in [0.25, 0.3) is 11.0 Å². The van der Waals surface area contributed by atoms with E-state index < -0.39 is 12.2 Å². The van der Waals surface area contributed by atoms with Gasteiger partial charge in [0.2, 0.25) is 5.96 Å². The van der Waals surface area contributed by atoms with Gasteiger partial charge in [0, 0.05) is 39.3 Å². The zero-order chi connectivity index (χ0) is 27.6. The fourth-order valence-corrected chi connectivity index (χ4v) is 4.96. The number of likely N-dealkylation sites (N-methyl/N-ethyl adjacent to an activating group) is 1. The average molecular weight is 555 g/mol. The van der Waals surface area contributed by atoms with E-state index in [0.29, 0.717) is 60.6 Å². The first-order chi connectivity index (χ1) is 19.5. The van der Waals surface area contributed by atoms with Gasteiger partial charge in [0.05, 0.1) is 43.9 Å². The predicted molar refractivity (Wildman–Crippen MR) is 148 cm³/mol. The van der Waals surface area contributed by atoms with Gasteiger partial charge in [0.1, 0.15) is 22.9 Å². The summed E-state index contributed by atoms with van der Waals surface area (Å²) in [7, 11) is 3.60. The number of hydrogen-bond acceptors (Lipinski definition) is 11. The van der Waals surface area contributed by atoms with Crippen LogP contribution in [0.2, 0.25) is 0 Å². The molecule has 0 bridgehead atoms. The third-order valence-corrected chi connectivity index (χ3v) is 7.15. The molecule has 3 aliphatic rings. The van der Waals surface area contributed by atoms with Crippen molar-refractivity contribution in [3.8, 4) is 5.75 Å². The molecule has 2 fully saturated rings. The van der Waals surface area contributed by atoms with E-state index in [9.17, 15) is 8.78 Å². The molecule has 1 aromatic carbocycles. The summed E-state index contributed by atoms with van der Waals surface area (Å²) in [5.74, 6) is 1.91. The molecule has 12 nitrogen and oxygen atoms in total. The Balaban J connectivity index is 1.33. The number of nitrogens with zero attached hydrogens (tertiary/aromatic N) is 8. The largest absolute Gasteiger partial charge is 0.494 e. The summed E-state index contributed by atoms with van der Waals surface area (Å²) in [6.45, 7) is 6.22. The highest BCUT2D eigenvalue weighted by Gasteiger charge is 2.28. The Kier molecular flexibility index (Phi) is 7.26. The summed E-state index contributed by atoms with van der Waals surface area (Å²) in [5.41, 5.74) is 1.47. The molecule has 0 saturated carbocycles. The number of benzene rings is 1. The number of anilines is 2. The van der Waals surface area contributed by atoms with Gasteiger partial charge in [0.25, 0.3) is 6.43 Å². The fraction of sp³-hybridized carbons (Fsp3) is 0.423. The number of halogens is 2. The van der Waals surface area contributed by atoms with Crippen molar-refractivity contribution in [2.75, 3.05) is 82.0 Å². The van der Waals surface area contributed by atoms with Crippen molar-refractivity contribution >= 4 is 28.5 Å². The van der Waals surface area contributed by atoms with Gasteiger partial charge in [-0.25, -0.2) is 23.4 Å². The van der Waals surface area contributed by atoms with Crippen molar-refractivity contribution in [3.05, 3.63) is 54.4 Å². The number of pyridine rings is 1. The van der Waals surface area contributed by atoms with Crippen molar-refractivity contribution in [2.24, 2.45) is 5.10 Å². The van der Waals surface area contributed by atoms with Crippen LogP contribution in [-0.2, 0) is 4.74 Å². The number of aromatic nitrogens is 3. The molecule has 0 amide bonds. The van der Waals surface area contributed by atoms with Crippen molar-refractivity contribution in [1.29, 1.82) is 0 Å². The molecule has 40 heavy (non-hydrogen) atoms. The number of piperazine rings is 1. The second-order valence-electron chi connectivity index (χ2n) is 9.74. The highest BCUT2D eigenvalue weighted by molar-refractivity contribution is 5.95. The quantitative estimate of drug-likeness (QED) is 0.472. The van der Waals surface area contributed by atoms with E-state index in [1.165, 1.54) is 16.9 Å². The van der Waals surface area contributed by atoms with Gasteiger partial charge < -0.3 is 34.8 Å². The first-order valence-corrected chi connectivity index (χ1v) is 13.2. The molecular weight excluding hydrogens is 522 g/mol. The second kappa shape index (κ2) is 11.1. The zero-order valence-corrected chi connectivity index (χ0v) is 22.4. The highest BCUT2D eigenvalue weighted by Crippen LogP contribution is 2.31. The van der Waals surface area contributed by atoms with E-state index in [-0.39, 0.29) is 0 Å². The van der Waals surface area contributed by atoms with Crippen LogP contribution in [0.5, 0.6) is 5.75 Å². The number of fused-ring (bicyclic) bond motifs is 1. The molecule has 6 rings (SSSR count). The number of nitrogens with one attached hydrogen (secondary N) is 2. The Morgan fingerprint density at radius 3 is 2.52 bits per heavy atom. The van der Waals surface area contributed by atoms with Crippen molar-refractivity contribution < 1.29 is 18.3 Å². The lowest BCUT2D eigenvalue weighted by molar-refractivity contribution is 0.0512. The number of imidazole rings is 1. The number of para-hydroxylation sites is 1. The van der Waals surface area contributed by atoms with Crippen molar-refractivity contribution in [3.63, 3.8) is 0 Å². The summed E-state index contributed by atoms with van der Waals surface area (Å²) in [5, 5.41) is 12.6. The SMILES string of the molecule is COc1cccc2c1nc(C(F)F)n2N1C=C(N2CCOCC2)NC(Nc2ccc(N3CCN(C)CC3)nc2)=N1. The summed E-state index contributed by atoms with van der Waals surface area (Å²) >= 11 is 0. The Morgan fingerprint density at radius 1 is 1.02 bits per heavy atom. The minimum Gasteiger partial charge on any atom is -0.494 e. The maximum atomic E-state index is 14.3. The smallest absolute Gasteiger partial charge is 0.297 e. The molecule has 0 aliphatic carbocycles. The molecule has 3 aromatic rings. The summed E-state index contributed by atoms with van der Waals surface area (Å²) in [4.78, 5) is 15.5. The van der Waals surface area contributed by atoms with Gasteiger partial charge in [-0.3, -0.25) is 0 Å². The van der Waals surface area contributed by atoms with E-state index in [4.69, 9.17) is 9.47 Å². The Morgan fingerprint density at radius 2 is 1.82 bits per heavy atom. The molecule has 0 radical (unpaired) electrons. The number of guanidine groups is 1. The van der Waals surface area contributed by atoms with Crippen LogP contribution in [0.3, 0.4) is 0 Å². The molecule has 14 heteroatoms. The standard InChI is InChI=1S/C26H32F2N10O2/c1-34-8-10-35(11-9-34)21-7-6-18(16-29-21)30-26-31-22(36-12-14-40-15-13-36)17-37(33-26)38-19-4-3-5-20(39-2)23(19)32-25(38)24(27)28/h3-7,16-17,24H,8-15H2,1-2H3,(H2,30,31,33). The molecule has 2 aromatic heterocycles. The number of methoxy groups -OCH3 is 1. The summed E-state index contributed by atoms with van der Waals surface area (Å²) < 4.78 is 40.8. The Bertz CT molecular complexity index is 1400. The van der Waals surface area contributed by atoms with Crippen LogP contribution in [0.1, 0.15) is 12.2 Å². The minimum atomic E-state index is -2.84. The lowest BCUT2D eigenvalue weighted by Gasteiger charge is -2.35. The third kappa shape index (κ3) is 5.19. The Labute approximate surface area is 230 Å². The Hall–Kier alpha value is -4.17. The molecule has 3 aliphatic heterocycles. The molecule has 2 saturated heterocycles. The van der Waals surface area contributed by atoms with Gasteiger partial charge in [0.15, 0.2) is 5.82 Å². The molecule has 0 unspecified atom stereocenters. The monoisotopic (exact) mass is 554 g/mol. The number of alkyl halides is 2. The number of ether oxygens (including phenoxy) is 2. The summed E-state index contributed by atoms with van der Waals surface area (Å²) in [6, 6.07) is 9.04. The zero-order valence-electron chi connectivity index (χ0n) is 22.4. The maximum absolute atomic E-state index is 14.3. The third-order valence-electron chi connectivity index (χ3n) is 7.15. The first kappa shape index (κ1) is 26.1. The van der Waals surface area contributed by atoms with Gasteiger partial charge in [-0.15, -0.1) is 5.10 Å². The lowest BCUT2D eigenvalue weighted by atomic mass is 10.3. The van der Waals surface area contributed by atoms with Crippen LogP contribution in [0.15, 0.2) is 53.7 Å². The van der Waals surface area contributed by atoms with Crippen LogP contribution in [0, 0.1) is 0 Å². The maximum Gasteiger partial charge on any atom is 0.297 e. The normalized spacial score (nSPS) is 18.6. The van der Waals surface area contributed by atoms with Crippen LogP contribution in [0.4, 0.5) is 20.3 Å². The van der Waals surface area contributed by atoms with Crippen LogP contribution < -0.4 is 25.4 Å². The van der Waals surface area contributed by atoms with Gasteiger partial charge in [-0.1, -0.05) is 6.07 Å². The topological polar surface area (TPSA) is 98.5 Å². The second-order valence-corrected chi connectivity index (χ2v) is 9.74. The molecule has 2 N–H and O–H groups in total. The van der Waals surface area contributed by atoms with Crippen molar-refractivity contribution in [2.45, 2.75) is 6.43 Å². The number of rotatable bonds is 6. The van der Waals surface area contributed by atoms with Gasteiger partial charge in [-0.2, -0.15) is 5.12 Å². The van der Waals surface area contributed by atoms with E-state index in [1.54, 1.807) is 30.6 Å². The first-order valence-electron chi connectivity index (χ1n) is 13.2. The molecule has 5 heterocycles. The minimum absolute atomic E-state index is 0.327. The average Bonchev–Trinajstić information content (AvgIpc) is 3.39. The van der Waals surface area contributed by atoms with E-state index in [0.717, 1.165) is 32.0 Å². The van der Waals surface area contributed by atoms with E-state index in [1.807, 2.05) is 12.1 Å². The predicted octanol–water partition coefficient (Wildman–Crippen LogP) is 2.18. The highest BCUT2D eigenvalue weighted by atomic mass is 19.3. The van der Waals surface area contributed by atoms with Crippen LogP contribution >= 0.6 is 0 Å². The number of hydrazone groups is 1. The van der Waals surface area contributed by atoms with Crippen molar-refractivity contribution in [1.82, 2.24) is 29.8 Å². The number of hydrogen-bond donors (Lipinski definition) is 2. The molecule has 212 valence electrons. The molecule has 0 spiro atoms. The van der Waals surface area contributed by atoms with Gasteiger partial charge >= 0.3 is 0 Å². The number of morpholine rings is 1. The fourth-order valence-electron chi connectivity index (χ4n) is 4.96. The van der Waals surface area contributed by atoms with E-state index in [2.05, 4.69) is 47.5 Å². The molecule has 0 atom stereocenters. The molecular formula is C26H32F2N10O2.